The lowest BCUT2D eigenvalue weighted by Gasteiger charge is -2.04. The minimum absolute atomic E-state index is 0.281. The number of hydrogen-bond donors (Lipinski definition) is 1. The number of halogens is 1. The van der Waals surface area contributed by atoms with Crippen LogP contribution in [-0.4, -0.2) is 13.4 Å². The summed E-state index contributed by atoms with van der Waals surface area (Å²) in [6.07, 6.45) is 0. The highest BCUT2D eigenvalue weighted by molar-refractivity contribution is 7.91. The molecule has 0 fully saturated rings. The Kier molecular flexibility index (Phi) is 3.07. The fraction of sp³-hybridized carbons (Fsp3) is 0.0667. The van der Waals surface area contributed by atoms with E-state index in [1.807, 2.05) is 0 Å². The average molecular weight is 306 g/mol. The van der Waals surface area contributed by atoms with E-state index in [9.17, 15) is 8.42 Å². The van der Waals surface area contributed by atoms with Crippen molar-refractivity contribution in [3.63, 3.8) is 0 Å². The normalized spacial score (nSPS) is 11.9. The Bertz CT molecular complexity index is 883. The first kappa shape index (κ1) is 13.2. The van der Waals surface area contributed by atoms with E-state index in [0.717, 1.165) is 5.52 Å². The van der Waals surface area contributed by atoms with Crippen LogP contribution >= 0.6 is 11.6 Å². The topological polar surface area (TPSA) is 49.9 Å². The van der Waals surface area contributed by atoms with Gasteiger partial charge in [-0.25, -0.2) is 8.42 Å². The fourth-order valence-electron chi connectivity index (χ4n) is 2.34. The number of H-pyrrole nitrogens is 1. The third-order valence-electron chi connectivity index (χ3n) is 3.21. The molecule has 0 atom stereocenters. The van der Waals surface area contributed by atoms with Gasteiger partial charge in [0.05, 0.1) is 9.79 Å². The highest BCUT2D eigenvalue weighted by Crippen LogP contribution is 2.32. The van der Waals surface area contributed by atoms with Crippen molar-refractivity contribution < 1.29 is 8.42 Å². The Morgan fingerprint density at radius 3 is 2.45 bits per heavy atom. The molecule has 3 rings (SSSR count). The molecule has 0 radical (unpaired) electrons. The average Bonchev–Trinajstić information content (AvgIpc) is 2.75. The van der Waals surface area contributed by atoms with Crippen LogP contribution in [0.3, 0.4) is 0 Å². The molecule has 0 amide bonds. The van der Waals surface area contributed by atoms with E-state index in [1.165, 1.54) is 0 Å². The van der Waals surface area contributed by atoms with Crippen molar-refractivity contribution in [2.75, 3.05) is 0 Å². The third kappa shape index (κ3) is 2.01. The molecule has 0 unspecified atom stereocenters. The Morgan fingerprint density at radius 2 is 1.75 bits per heavy atom. The SMILES string of the molecule is Cc1[nH]c2ccc(Cl)cc2c1S(=O)(=O)c1ccccc1. The summed E-state index contributed by atoms with van der Waals surface area (Å²) in [5.74, 6) is 0. The zero-order valence-corrected chi connectivity index (χ0v) is 12.3. The molecule has 0 bridgehead atoms. The number of hydrogen-bond acceptors (Lipinski definition) is 2. The molecule has 102 valence electrons. The van der Waals surface area contributed by atoms with Gasteiger partial charge in [0, 0.05) is 21.6 Å². The third-order valence-corrected chi connectivity index (χ3v) is 5.40. The Morgan fingerprint density at radius 1 is 1.05 bits per heavy atom. The molecule has 3 aromatic rings. The summed E-state index contributed by atoms with van der Waals surface area (Å²) in [4.78, 5) is 3.67. The van der Waals surface area contributed by atoms with Gasteiger partial charge < -0.3 is 4.98 Å². The van der Waals surface area contributed by atoms with Crippen molar-refractivity contribution in [2.45, 2.75) is 16.7 Å². The Balaban J connectivity index is 2.35. The molecule has 0 aliphatic carbocycles. The minimum atomic E-state index is -3.56. The monoisotopic (exact) mass is 305 g/mol. The van der Waals surface area contributed by atoms with Gasteiger partial charge >= 0.3 is 0 Å². The van der Waals surface area contributed by atoms with E-state index in [1.54, 1.807) is 55.5 Å². The summed E-state index contributed by atoms with van der Waals surface area (Å²) < 4.78 is 25.6. The van der Waals surface area contributed by atoms with Gasteiger partial charge in [0.25, 0.3) is 0 Å². The first-order valence-corrected chi connectivity index (χ1v) is 7.94. The zero-order valence-electron chi connectivity index (χ0n) is 10.7. The highest BCUT2D eigenvalue weighted by Gasteiger charge is 2.24. The van der Waals surface area contributed by atoms with E-state index >= 15 is 0 Å². The number of benzene rings is 2. The van der Waals surface area contributed by atoms with Crippen LogP contribution in [0.4, 0.5) is 0 Å². The van der Waals surface area contributed by atoms with Crippen molar-refractivity contribution in [1.82, 2.24) is 4.98 Å². The largest absolute Gasteiger partial charge is 0.358 e. The lowest BCUT2D eigenvalue weighted by atomic mass is 10.2. The van der Waals surface area contributed by atoms with Crippen LogP contribution in [0.2, 0.25) is 5.02 Å². The molecular weight excluding hydrogens is 294 g/mol. The fourth-order valence-corrected chi connectivity index (χ4v) is 4.17. The summed E-state index contributed by atoms with van der Waals surface area (Å²) in [5, 5.41) is 1.14. The second-order valence-electron chi connectivity index (χ2n) is 4.59. The second kappa shape index (κ2) is 4.65. The van der Waals surface area contributed by atoms with E-state index in [-0.39, 0.29) is 4.90 Å². The van der Waals surface area contributed by atoms with Crippen LogP contribution in [0.5, 0.6) is 0 Å². The lowest BCUT2D eigenvalue weighted by Crippen LogP contribution is -2.02. The second-order valence-corrected chi connectivity index (χ2v) is 6.91. The van der Waals surface area contributed by atoms with Crippen molar-refractivity contribution >= 4 is 32.3 Å². The number of aromatic amines is 1. The molecule has 0 aliphatic heterocycles. The number of rotatable bonds is 2. The maximum absolute atomic E-state index is 12.8. The number of aryl methyl sites for hydroxylation is 1. The summed E-state index contributed by atoms with van der Waals surface area (Å²) >= 11 is 5.99. The summed E-state index contributed by atoms with van der Waals surface area (Å²) in [7, 11) is -3.56. The van der Waals surface area contributed by atoms with Crippen molar-refractivity contribution in [3.8, 4) is 0 Å². The summed E-state index contributed by atoms with van der Waals surface area (Å²) in [6, 6.07) is 13.6. The molecule has 1 N–H and O–H groups in total. The van der Waals surface area contributed by atoms with Crippen molar-refractivity contribution in [1.29, 1.82) is 0 Å². The van der Waals surface area contributed by atoms with E-state index in [4.69, 9.17) is 11.6 Å². The van der Waals surface area contributed by atoms with Gasteiger partial charge in [-0.1, -0.05) is 29.8 Å². The molecule has 3 nitrogen and oxygen atoms in total. The smallest absolute Gasteiger partial charge is 0.208 e. The molecule has 20 heavy (non-hydrogen) atoms. The van der Waals surface area contributed by atoms with Gasteiger partial charge in [0.1, 0.15) is 0 Å². The van der Waals surface area contributed by atoms with Crippen LogP contribution in [0.25, 0.3) is 10.9 Å². The Labute approximate surface area is 122 Å². The Hall–Kier alpha value is -1.78. The van der Waals surface area contributed by atoms with Gasteiger partial charge in [-0.2, -0.15) is 0 Å². The number of fused-ring (bicyclic) bond motifs is 1. The molecule has 0 saturated heterocycles. The highest BCUT2D eigenvalue weighted by atomic mass is 35.5. The molecule has 5 heteroatoms. The molecule has 0 spiro atoms. The quantitative estimate of drug-likeness (QED) is 0.779. The zero-order chi connectivity index (χ0) is 14.3. The van der Waals surface area contributed by atoms with Gasteiger partial charge in [-0.15, -0.1) is 0 Å². The van der Waals surface area contributed by atoms with E-state index in [2.05, 4.69) is 4.98 Å². The number of aromatic nitrogens is 1. The lowest BCUT2D eigenvalue weighted by molar-refractivity contribution is 0.596. The van der Waals surface area contributed by atoms with E-state index < -0.39 is 9.84 Å². The van der Waals surface area contributed by atoms with Crippen LogP contribution in [0.1, 0.15) is 5.69 Å². The van der Waals surface area contributed by atoms with Crippen LogP contribution in [0.15, 0.2) is 58.3 Å². The minimum Gasteiger partial charge on any atom is -0.358 e. The molecule has 2 aromatic carbocycles. The standard InChI is InChI=1S/C15H12ClNO2S/c1-10-15(13-9-11(16)7-8-14(13)17-10)20(18,19)12-5-3-2-4-6-12/h2-9,17H,1H3. The van der Waals surface area contributed by atoms with Gasteiger partial charge in [0.15, 0.2) is 0 Å². The van der Waals surface area contributed by atoms with Gasteiger partial charge in [-0.3, -0.25) is 0 Å². The summed E-state index contributed by atoms with van der Waals surface area (Å²) in [6.45, 7) is 1.75. The van der Waals surface area contributed by atoms with E-state index in [0.29, 0.717) is 21.0 Å². The van der Waals surface area contributed by atoms with Crippen molar-refractivity contribution in [2.24, 2.45) is 0 Å². The van der Waals surface area contributed by atoms with Crippen molar-refractivity contribution in [3.05, 3.63) is 59.2 Å². The molecule has 0 saturated carbocycles. The van der Waals surface area contributed by atoms with Crippen LogP contribution in [0, 0.1) is 6.92 Å². The molecule has 1 heterocycles. The van der Waals surface area contributed by atoms with Crippen LogP contribution in [-0.2, 0) is 9.84 Å². The first-order chi connectivity index (χ1) is 9.50. The molecule has 1 aromatic heterocycles. The maximum atomic E-state index is 12.8. The molecule has 0 aliphatic rings. The van der Waals surface area contributed by atoms with Gasteiger partial charge in [-0.05, 0) is 37.3 Å². The number of sulfone groups is 1. The van der Waals surface area contributed by atoms with Gasteiger partial charge in [0.2, 0.25) is 9.84 Å². The van der Waals surface area contributed by atoms with Crippen LogP contribution < -0.4 is 0 Å². The predicted octanol–water partition coefficient (Wildman–Crippen LogP) is 3.96. The summed E-state index contributed by atoms with van der Waals surface area (Å²) in [5.41, 5.74) is 1.38. The molecular formula is C15H12ClNO2S. The number of nitrogens with one attached hydrogen (secondary N) is 1. The predicted molar refractivity (Wildman–Crippen MR) is 79.9 cm³/mol. The first-order valence-electron chi connectivity index (χ1n) is 6.08. The maximum Gasteiger partial charge on any atom is 0.208 e.